The van der Waals surface area contributed by atoms with Crippen LogP contribution in [0.15, 0.2) is 36.4 Å². The maximum absolute atomic E-state index is 12.2. The highest BCUT2D eigenvalue weighted by Crippen LogP contribution is 2.18. The van der Waals surface area contributed by atoms with E-state index in [-0.39, 0.29) is 11.8 Å². The summed E-state index contributed by atoms with van der Waals surface area (Å²) in [5.41, 5.74) is 14.1. The molecule has 0 radical (unpaired) electrons. The topological polar surface area (TPSA) is 135 Å². The predicted octanol–water partition coefficient (Wildman–Crippen LogP) is 4.57. The molecule has 0 aliphatic carbocycles. The first-order chi connectivity index (χ1) is 20.0. The number of hydrazine groups is 2. The van der Waals surface area contributed by atoms with Crippen molar-refractivity contribution >= 4 is 23.6 Å². The van der Waals surface area contributed by atoms with Crippen molar-refractivity contribution in [3.05, 3.63) is 58.7 Å². The third-order valence-corrected chi connectivity index (χ3v) is 7.03. The van der Waals surface area contributed by atoms with Crippen LogP contribution in [-0.2, 0) is 19.2 Å². The molecule has 2 atom stereocenters. The molecule has 0 saturated heterocycles. The van der Waals surface area contributed by atoms with E-state index in [1.54, 1.807) is 13.8 Å². The Hall–Kier alpha value is -4.08. The number of hydrogen-bond donors (Lipinski definition) is 4. The van der Waals surface area contributed by atoms with Gasteiger partial charge in [0.05, 0.1) is 0 Å². The van der Waals surface area contributed by atoms with Crippen LogP contribution in [0.3, 0.4) is 0 Å². The Kier molecular flexibility index (Phi) is 14.4. The summed E-state index contributed by atoms with van der Waals surface area (Å²) in [7, 11) is 0. The zero-order chi connectivity index (χ0) is 31.1. The van der Waals surface area contributed by atoms with Gasteiger partial charge in [-0.2, -0.15) is 0 Å². The number of amides is 4. The second kappa shape index (κ2) is 17.7. The number of carbonyl (C=O) groups excluding carboxylic acids is 4. The average molecular weight is 583 g/mol. The van der Waals surface area contributed by atoms with Gasteiger partial charge >= 0.3 is 0 Å². The maximum atomic E-state index is 12.2. The van der Waals surface area contributed by atoms with E-state index in [1.807, 2.05) is 64.1 Å². The SMILES string of the molecule is Cc1ccc(OC(C)C(=O)NNC(=O)CCCCCCCCC(=O)NNC(=O)C(C)Oc2ccc(C)c(C)c2)cc1C. The fourth-order valence-electron chi connectivity index (χ4n) is 3.96. The molecule has 42 heavy (non-hydrogen) atoms. The van der Waals surface area contributed by atoms with Gasteiger partial charge in [-0.1, -0.05) is 37.8 Å². The van der Waals surface area contributed by atoms with Crippen LogP contribution in [-0.4, -0.2) is 35.8 Å². The first-order valence-corrected chi connectivity index (χ1v) is 14.6. The molecule has 0 spiro atoms. The number of unbranched alkanes of at least 4 members (excludes halogenated alkanes) is 5. The monoisotopic (exact) mass is 582 g/mol. The van der Waals surface area contributed by atoms with E-state index in [0.29, 0.717) is 37.2 Å². The minimum absolute atomic E-state index is 0.255. The van der Waals surface area contributed by atoms with Crippen molar-refractivity contribution in [2.45, 2.75) is 105 Å². The standard InChI is InChI=1S/C32H46N4O6/c1-21-15-17-27(19-23(21)3)41-25(5)31(39)35-33-29(37)13-11-9-7-8-10-12-14-30(38)34-36-32(40)26(6)42-28-18-16-22(2)24(4)20-28/h15-20,25-26H,7-14H2,1-6H3,(H,33,37)(H,34,38)(H,35,39)(H,36,40). The third kappa shape index (κ3) is 12.6. The number of benzene rings is 2. The molecule has 4 amide bonds. The van der Waals surface area contributed by atoms with Crippen molar-refractivity contribution in [3.8, 4) is 11.5 Å². The van der Waals surface area contributed by atoms with Crippen LogP contribution in [0.1, 0.15) is 87.5 Å². The fraction of sp³-hybridized carbons (Fsp3) is 0.500. The quantitative estimate of drug-likeness (QED) is 0.180. The van der Waals surface area contributed by atoms with E-state index in [4.69, 9.17) is 9.47 Å². The van der Waals surface area contributed by atoms with Gasteiger partial charge in [-0.25, -0.2) is 0 Å². The molecule has 0 heterocycles. The summed E-state index contributed by atoms with van der Waals surface area (Å²) in [5.74, 6) is -0.161. The summed E-state index contributed by atoms with van der Waals surface area (Å²) < 4.78 is 11.3. The molecule has 4 N–H and O–H groups in total. The summed E-state index contributed by atoms with van der Waals surface area (Å²) in [6.45, 7) is 11.2. The molecular formula is C32H46N4O6. The van der Waals surface area contributed by atoms with Crippen molar-refractivity contribution in [2.75, 3.05) is 0 Å². The minimum atomic E-state index is -0.753. The lowest BCUT2D eigenvalue weighted by atomic mass is 10.1. The second-order valence-corrected chi connectivity index (χ2v) is 10.7. The molecule has 0 bridgehead atoms. The molecule has 230 valence electrons. The van der Waals surface area contributed by atoms with Crippen LogP contribution >= 0.6 is 0 Å². The molecule has 2 aromatic carbocycles. The van der Waals surface area contributed by atoms with Crippen LogP contribution < -0.4 is 31.2 Å². The zero-order valence-corrected chi connectivity index (χ0v) is 25.7. The Morgan fingerprint density at radius 2 is 0.905 bits per heavy atom. The van der Waals surface area contributed by atoms with Crippen molar-refractivity contribution in [1.29, 1.82) is 0 Å². The van der Waals surface area contributed by atoms with E-state index >= 15 is 0 Å². The maximum Gasteiger partial charge on any atom is 0.279 e. The predicted molar refractivity (Wildman–Crippen MR) is 162 cm³/mol. The third-order valence-electron chi connectivity index (χ3n) is 7.03. The summed E-state index contributed by atoms with van der Waals surface area (Å²) in [4.78, 5) is 48.5. The van der Waals surface area contributed by atoms with Gasteiger partial charge in [0.15, 0.2) is 12.2 Å². The van der Waals surface area contributed by atoms with Gasteiger partial charge < -0.3 is 9.47 Å². The second-order valence-electron chi connectivity index (χ2n) is 10.7. The Morgan fingerprint density at radius 3 is 1.26 bits per heavy atom. The zero-order valence-electron chi connectivity index (χ0n) is 25.7. The van der Waals surface area contributed by atoms with Gasteiger partial charge in [0.2, 0.25) is 11.8 Å². The lowest BCUT2D eigenvalue weighted by Gasteiger charge is -2.16. The van der Waals surface area contributed by atoms with Crippen LogP contribution in [0.25, 0.3) is 0 Å². The van der Waals surface area contributed by atoms with Crippen LogP contribution in [0.5, 0.6) is 11.5 Å². The van der Waals surface area contributed by atoms with E-state index in [2.05, 4.69) is 21.7 Å². The van der Waals surface area contributed by atoms with Gasteiger partial charge in [-0.05, 0) is 101 Å². The van der Waals surface area contributed by atoms with E-state index in [0.717, 1.165) is 47.9 Å². The molecule has 2 unspecified atom stereocenters. The van der Waals surface area contributed by atoms with Crippen LogP contribution in [0, 0.1) is 27.7 Å². The summed E-state index contributed by atoms with van der Waals surface area (Å²) >= 11 is 0. The highest BCUT2D eigenvalue weighted by atomic mass is 16.5. The van der Waals surface area contributed by atoms with Crippen LogP contribution in [0.4, 0.5) is 0 Å². The molecule has 10 heteroatoms. The highest BCUT2D eigenvalue weighted by molar-refractivity contribution is 5.85. The summed E-state index contributed by atoms with van der Waals surface area (Å²) in [6, 6.07) is 11.2. The lowest BCUT2D eigenvalue weighted by Crippen LogP contribution is -2.47. The van der Waals surface area contributed by atoms with Crippen molar-refractivity contribution in [1.82, 2.24) is 21.7 Å². The summed E-state index contributed by atoms with van der Waals surface area (Å²) in [6.07, 6.45) is 4.12. The van der Waals surface area contributed by atoms with Crippen molar-refractivity contribution in [3.63, 3.8) is 0 Å². The van der Waals surface area contributed by atoms with Gasteiger partial charge in [0.1, 0.15) is 11.5 Å². The molecule has 0 fully saturated rings. The first kappa shape index (κ1) is 34.1. The van der Waals surface area contributed by atoms with Crippen molar-refractivity contribution in [2.24, 2.45) is 0 Å². The normalized spacial score (nSPS) is 12.0. The Morgan fingerprint density at radius 1 is 0.548 bits per heavy atom. The number of aryl methyl sites for hydroxylation is 4. The highest BCUT2D eigenvalue weighted by Gasteiger charge is 2.17. The molecule has 2 aromatic rings. The number of rotatable bonds is 15. The molecule has 0 saturated carbocycles. The molecule has 10 nitrogen and oxygen atoms in total. The molecule has 0 aliphatic rings. The number of carbonyl (C=O) groups is 4. The average Bonchev–Trinajstić information content (AvgIpc) is 2.95. The first-order valence-electron chi connectivity index (χ1n) is 14.6. The largest absolute Gasteiger partial charge is 0.481 e. The minimum Gasteiger partial charge on any atom is -0.481 e. The Bertz CT molecular complexity index is 1120. The Balaban J connectivity index is 1.47. The van der Waals surface area contributed by atoms with Gasteiger partial charge in [-0.15, -0.1) is 0 Å². The summed E-state index contributed by atoms with van der Waals surface area (Å²) in [5, 5.41) is 0. The smallest absolute Gasteiger partial charge is 0.279 e. The number of hydrogen-bond acceptors (Lipinski definition) is 6. The molecular weight excluding hydrogens is 536 g/mol. The number of nitrogens with one attached hydrogen (secondary N) is 4. The van der Waals surface area contributed by atoms with Gasteiger partial charge in [0, 0.05) is 12.8 Å². The van der Waals surface area contributed by atoms with Crippen LogP contribution in [0.2, 0.25) is 0 Å². The van der Waals surface area contributed by atoms with E-state index < -0.39 is 24.0 Å². The number of ether oxygens (including phenoxy) is 2. The van der Waals surface area contributed by atoms with Gasteiger partial charge in [0.25, 0.3) is 11.8 Å². The fourth-order valence-corrected chi connectivity index (χ4v) is 3.96. The van der Waals surface area contributed by atoms with E-state index in [9.17, 15) is 19.2 Å². The molecule has 0 aromatic heterocycles. The lowest BCUT2D eigenvalue weighted by molar-refractivity contribution is -0.132. The Labute approximate surface area is 249 Å². The van der Waals surface area contributed by atoms with E-state index in [1.165, 1.54) is 0 Å². The van der Waals surface area contributed by atoms with Gasteiger partial charge in [-0.3, -0.25) is 40.9 Å². The molecule has 2 rings (SSSR count). The molecule has 0 aliphatic heterocycles. The van der Waals surface area contributed by atoms with Crippen molar-refractivity contribution < 1.29 is 28.7 Å².